The van der Waals surface area contributed by atoms with Crippen LogP contribution >= 0.6 is 0 Å². The molecule has 0 saturated heterocycles. The molecule has 0 spiro atoms. The lowest BCUT2D eigenvalue weighted by Crippen LogP contribution is -2.19. The standard InChI is InChI=1S/C22H26F3N5/c1-5-8-15(3)12-16(4)14-29-20-17(9-7-11-27-20)30-18(13-26-10-6-2)19(22(23,24)25)28-21(29)30/h5,7-9,11-12,14,26H,6,10,13H2,1-4H3/b8-5+,15-12-,16-14+. The maximum Gasteiger partial charge on any atom is 0.435 e. The fraction of sp³-hybridized carbons (Fsp3) is 0.364. The number of hydrogen-bond acceptors (Lipinski definition) is 3. The molecule has 0 amide bonds. The highest BCUT2D eigenvalue weighted by Crippen LogP contribution is 2.34. The normalized spacial score (nSPS) is 14.0. The first-order chi connectivity index (χ1) is 14.3. The molecule has 0 aromatic carbocycles. The van der Waals surface area contributed by atoms with Crippen LogP contribution in [0.1, 0.15) is 45.5 Å². The first-order valence-electron chi connectivity index (χ1n) is 9.91. The van der Waals surface area contributed by atoms with Crippen molar-refractivity contribution in [3.05, 3.63) is 59.1 Å². The number of rotatable bonds is 7. The lowest BCUT2D eigenvalue weighted by atomic mass is 10.2. The van der Waals surface area contributed by atoms with Crippen molar-refractivity contribution in [3.63, 3.8) is 0 Å². The summed E-state index contributed by atoms with van der Waals surface area (Å²) in [5.41, 5.74) is 2.28. The summed E-state index contributed by atoms with van der Waals surface area (Å²) in [4.78, 5) is 8.42. The van der Waals surface area contributed by atoms with Gasteiger partial charge >= 0.3 is 6.18 Å². The molecule has 5 nitrogen and oxygen atoms in total. The lowest BCUT2D eigenvalue weighted by molar-refractivity contribution is -0.141. The van der Waals surface area contributed by atoms with Crippen LogP contribution in [0.25, 0.3) is 23.1 Å². The van der Waals surface area contributed by atoms with Gasteiger partial charge in [0.1, 0.15) is 0 Å². The van der Waals surface area contributed by atoms with Crippen molar-refractivity contribution < 1.29 is 13.2 Å². The number of allylic oxidation sites excluding steroid dienone is 5. The molecule has 0 radical (unpaired) electrons. The molecule has 0 bridgehead atoms. The highest BCUT2D eigenvalue weighted by molar-refractivity contribution is 5.81. The molecule has 3 aromatic rings. The molecular formula is C22H26F3N5. The topological polar surface area (TPSA) is 47.1 Å². The average Bonchev–Trinajstić information content (AvgIpc) is 3.19. The highest BCUT2D eigenvalue weighted by Gasteiger charge is 2.39. The van der Waals surface area contributed by atoms with E-state index >= 15 is 0 Å². The van der Waals surface area contributed by atoms with Gasteiger partial charge in [-0.25, -0.2) is 9.97 Å². The summed E-state index contributed by atoms with van der Waals surface area (Å²) in [6.07, 6.45) is 5.54. The van der Waals surface area contributed by atoms with Crippen LogP contribution in [0.4, 0.5) is 13.2 Å². The highest BCUT2D eigenvalue weighted by atomic mass is 19.4. The van der Waals surface area contributed by atoms with Crippen molar-refractivity contribution >= 4 is 23.1 Å². The van der Waals surface area contributed by atoms with E-state index in [0.29, 0.717) is 17.7 Å². The molecule has 0 unspecified atom stereocenters. The predicted molar refractivity (Wildman–Crippen MR) is 114 cm³/mol. The Morgan fingerprint density at radius 3 is 2.67 bits per heavy atom. The van der Waals surface area contributed by atoms with Crippen molar-refractivity contribution in [2.45, 2.75) is 46.8 Å². The zero-order chi connectivity index (χ0) is 21.9. The van der Waals surface area contributed by atoms with E-state index in [4.69, 9.17) is 0 Å². The number of halogens is 3. The number of nitrogens with zero attached hydrogens (tertiary/aromatic N) is 4. The Bertz CT molecular complexity index is 1130. The third-order valence-corrected chi connectivity index (χ3v) is 4.61. The van der Waals surface area contributed by atoms with E-state index in [1.807, 2.05) is 45.9 Å². The van der Waals surface area contributed by atoms with E-state index in [0.717, 1.165) is 17.6 Å². The molecule has 30 heavy (non-hydrogen) atoms. The van der Waals surface area contributed by atoms with Crippen molar-refractivity contribution in [2.24, 2.45) is 0 Å². The minimum Gasteiger partial charge on any atom is -0.311 e. The van der Waals surface area contributed by atoms with E-state index in [2.05, 4.69) is 15.3 Å². The Hall–Kier alpha value is -2.87. The molecule has 3 aromatic heterocycles. The van der Waals surface area contributed by atoms with E-state index in [9.17, 15) is 13.2 Å². The first kappa shape index (κ1) is 21.8. The number of nitrogens with one attached hydrogen (secondary N) is 1. The van der Waals surface area contributed by atoms with Crippen LogP contribution < -0.4 is 5.32 Å². The van der Waals surface area contributed by atoms with Gasteiger partial charge in [0.25, 0.3) is 0 Å². The molecule has 0 aliphatic rings. The van der Waals surface area contributed by atoms with E-state index in [1.165, 1.54) is 0 Å². The van der Waals surface area contributed by atoms with Crippen molar-refractivity contribution in [3.8, 4) is 0 Å². The number of pyridine rings is 1. The zero-order valence-electron chi connectivity index (χ0n) is 17.6. The van der Waals surface area contributed by atoms with Gasteiger partial charge in [-0.05, 0) is 51.4 Å². The Morgan fingerprint density at radius 2 is 2.00 bits per heavy atom. The van der Waals surface area contributed by atoms with E-state index < -0.39 is 11.9 Å². The number of aromatic nitrogens is 4. The average molecular weight is 417 g/mol. The summed E-state index contributed by atoms with van der Waals surface area (Å²) in [7, 11) is 0. The Balaban J connectivity index is 2.28. The largest absolute Gasteiger partial charge is 0.435 e. The van der Waals surface area contributed by atoms with Gasteiger partial charge in [-0.1, -0.05) is 30.7 Å². The molecular weight excluding hydrogens is 391 g/mol. The summed E-state index contributed by atoms with van der Waals surface area (Å²) >= 11 is 0. The number of hydrogen-bond donors (Lipinski definition) is 1. The quantitative estimate of drug-likeness (QED) is 0.403. The summed E-state index contributed by atoms with van der Waals surface area (Å²) in [5, 5.41) is 3.07. The summed E-state index contributed by atoms with van der Waals surface area (Å²) in [5.74, 6) is 0.195. The molecule has 1 N–H and O–H groups in total. The molecule has 160 valence electrons. The predicted octanol–water partition coefficient (Wildman–Crippen LogP) is 5.59. The lowest BCUT2D eigenvalue weighted by Gasteiger charge is -2.08. The molecule has 0 aliphatic heterocycles. The molecule has 8 heteroatoms. The van der Waals surface area contributed by atoms with E-state index in [1.54, 1.807) is 33.5 Å². The smallest absolute Gasteiger partial charge is 0.311 e. The zero-order valence-corrected chi connectivity index (χ0v) is 17.6. The van der Waals surface area contributed by atoms with Gasteiger partial charge in [0.15, 0.2) is 11.3 Å². The first-order valence-corrected chi connectivity index (χ1v) is 9.91. The third-order valence-electron chi connectivity index (χ3n) is 4.61. The maximum absolute atomic E-state index is 13.8. The molecule has 0 atom stereocenters. The number of alkyl halides is 3. The fourth-order valence-electron chi connectivity index (χ4n) is 3.50. The molecule has 0 aliphatic carbocycles. The Labute approximate surface area is 173 Å². The van der Waals surface area contributed by atoms with Gasteiger partial charge in [-0.3, -0.25) is 8.97 Å². The van der Waals surface area contributed by atoms with Crippen LogP contribution in [0, 0.1) is 0 Å². The van der Waals surface area contributed by atoms with Gasteiger partial charge in [-0.15, -0.1) is 0 Å². The SMILES string of the molecule is C/C=C/C(C)=C\C(C)=C\n1c2ncccc2n2c(CNCCC)c(C(F)(F)F)nc12. The van der Waals surface area contributed by atoms with Gasteiger partial charge in [0, 0.05) is 18.9 Å². The summed E-state index contributed by atoms with van der Waals surface area (Å²) in [6.45, 7) is 8.45. The van der Waals surface area contributed by atoms with Crippen LogP contribution in [-0.2, 0) is 12.7 Å². The van der Waals surface area contributed by atoms with Crippen LogP contribution in [0.5, 0.6) is 0 Å². The molecule has 3 heterocycles. The van der Waals surface area contributed by atoms with Crippen molar-refractivity contribution in [1.82, 2.24) is 24.3 Å². The maximum atomic E-state index is 13.8. The molecule has 3 rings (SSSR count). The van der Waals surface area contributed by atoms with Gasteiger partial charge < -0.3 is 5.32 Å². The van der Waals surface area contributed by atoms with Crippen molar-refractivity contribution in [2.75, 3.05) is 6.54 Å². The second kappa shape index (κ2) is 8.87. The van der Waals surface area contributed by atoms with Crippen molar-refractivity contribution in [1.29, 1.82) is 0 Å². The Morgan fingerprint density at radius 1 is 1.23 bits per heavy atom. The summed E-state index contributed by atoms with van der Waals surface area (Å²) < 4.78 is 44.5. The van der Waals surface area contributed by atoms with Crippen LogP contribution in [0.3, 0.4) is 0 Å². The molecule has 0 fully saturated rings. The molecule has 0 saturated carbocycles. The fourth-order valence-corrected chi connectivity index (χ4v) is 3.50. The third kappa shape index (κ3) is 4.33. The van der Waals surface area contributed by atoms with Crippen LogP contribution in [0.15, 0.2) is 47.7 Å². The van der Waals surface area contributed by atoms with Gasteiger partial charge in [0.2, 0.25) is 5.78 Å². The summed E-state index contributed by atoms with van der Waals surface area (Å²) in [6, 6.07) is 3.48. The second-order valence-corrected chi connectivity index (χ2v) is 7.19. The van der Waals surface area contributed by atoms with Crippen LogP contribution in [-0.4, -0.2) is 25.5 Å². The second-order valence-electron chi connectivity index (χ2n) is 7.19. The minimum atomic E-state index is -4.55. The van der Waals surface area contributed by atoms with Gasteiger partial charge in [-0.2, -0.15) is 13.2 Å². The van der Waals surface area contributed by atoms with E-state index in [-0.39, 0.29) is 18.0 Å². The number of fused-ring (bicyclic) bond motifs is 3. The number of imidazole rings is 2. The van der Waals surface area contributed by atoms with Crippen LogP contribution in [0.2, 0.25) is 0 Å². The monoisotopic (exact) mass is 417 g/mol. The Kier molecular flexibility index (Phi) is 6.45. The minimum absolute atomic E-state index is 0.0703. The van der Waals surface area contributed by atoms with Gasteiger partial charge in [0.05, 0.1) is 11.2 Å².